The Labute approximate surface area is 111 Å². The first kappa shape index (κ1) is 12.9. The minimum Gasteiger partial charge on any atom is -0.0614 e. The largest absolute Gasteiger partial charge is 0.0614 e. The van der Waals surface area contributed by atoms with Crippen molar-refractivity contribution in [3.8, 4) is 11.1 Å². The van der Waals surface area contributed by atoms with Gasteiger partial charge in [0.15, 0.2) is 0 Å². The Bertz CT molecular complexity index is 556. The minimum atomic E-state index is 0.202. The van der Waals surface area contributed by atoms with Crippen LogP contribution in [0.15, 0.2) is 42.5 Å². The van der Waals surface area contributed by atoms with E-state index in [0.717, 1.165) is 0 Å². The zero-order valence-corrected chi connectivity index (χ0v) is 12.0. The van der Waals surface area contributed by atoms with Gasteiger partial charge in [0.2, 0.25) is 0 Å². The van der Waals surface area contributed by atoms with Gasteiger partial charge < -0.3 is 0 Å². The van der Waals surface area contributed by atoms with Crippen LogP contribution in [0, 0.1) is 13.8 Å². The Kier molecular flexibility index (Phi) is 3.30. The Hall–Kier alpha value is -1.56. The Morgan fingerprint density at radius 3 is 2.17 bits per heavy atom. The second kappa shape index (κ2) is 4.61. The van der Waals surface area contributed by atoms with Crippen LogP contribution >= 0.6 is 0 Å². The van der Waals surface area contributed by atoms with Gasteiger partial charge in [0.1, 0.15) is 0 Å². The van der Waals surface area contributed by atoms with E-state index in [1.54, 1.807) is 0 Å². The van der Waals surface area contributed by atoms with E-state index in [0.29, 0.717) is 0 Å². The van der Waals surface area contributed by atoms with Crippen LogP contribution in [0.2, 0.25) is 0 Å². The highest BCUT2D eigenvalue weighted by Crippen LogP contribution is 2.30. The Balaban J connectivity index is 2.55. The van der Waals surface area contributed by atoms with E-state index in [1.807, 2.05) is 0 Å². The monoisotopic (exact) mass is 238 g/mol. The van der Waals surface area contributed by atoms with Crippen molar-refractivity contribution < 1.29 is 0 Å². The zero-order valence-electron chi connectivity index (χ0n) is 12.0. The number of hydrogen-bond donors (Lipinski definition) is 0. The molecule has 0 N–H and O–H groups in total. The van der Waals surface area contributed by atoms with E-state index >= 15 is 0 Å². The second-order valence-electron chi connectivity index (χ2n) is 6.08. The first-order valence-electron chi connectivity index (χ1n) is 6.57. The van der Waals surface area contributed by atoms with Gasteiger partial charge in [-0.05, 0) is 47.1 Å². The van der Waals surface area contributed by atoms with Gasteiger partial charge in [-0.2, -0.15) is 0 Å². The van der Waals surface area contributed by atoms with E-state index in [-0.39, 0.29) is 5.41 Å². The molecule has 94 valence electrons. The molecule has 0 saturated heterocycles. The fraction of sp³-hybridized carbons (Fsp3) is 0.333. The standard InChI is InChI=1S/C18H22/c1-13-8-6-11-17(14(13)2)15-9-7-10-16(12-15)18(3,4)5/h6-12H,1-5H3. The predicted octanol–water partition coefficient (Wildman–Crippen LogP) is 5.27. The molecular weight excluding hydrogens is 216 g/mol. The maximum atomic E-state index is 2.32. The third kappa shape index (κ3) is 2.48. The van der Waals surface area contributed by atoms with Gasteiger partial charge in [0, 0.05) is 0 Å². The summed E-state index contributed by atoms with van der Waals surface area (Å²) in [5, 5.41) is 0. The molecule has 2 aromatic rings. The third-order valence-electron chi connectivity index (χ3n) is 3.64. The number of hydrogen-bond acceptors (Lipinski definition) is 0. The van der Waals surface area contributed by atoms with E-state index in [2.05, 4.69) is 77.1 Å². The van der Waals surface area contributed by atoms with Crippen LogP contribution in [0.4, 0.5) is 0 Å². The molecule has 0 radical (unpaired) electrons. The molecule has 0 atom stereocenters. The van der Waals surface area contributed by atoms with E-state index < -0.39 is 0 Å². The van der Waals surface area contributed by atoms with Crippen LogP contribution < -0.4 is 0 Å². The SMILES string of the molecule is Cc1cccc(-c2cccc(C(C)(C)C)c2)c1C. The van der Waals surface area contributed by atoms with Crippen molar-refractivity contribution in [2.24, 2.45) is 0 Å². The van der Waals surface area contributed by atoms with Crippen LogP contribution in [-0.4, -0.2) is 0 Å². The van der Waals surface area contributed by atoms with E-state index in [9.17, 15) is 0 Å². The van der Waals surface area contributed by atoms with E-state index in [4.69, 9.17) is 0 Å². The highest BCUT2D eigenvalue weighted by Gasteiger charge is 2.14. The second-order valence-corrected chi connectivity index (χ2v) is 6.08. The summed E-state index contributed by atoms with van der Waals surface area (Å²) in [5.74, 6) is 0. The van der Waals surface area contributed by atoms with Gasteiger partial charge in [-0.1, -0.05) is 63.2 Å². The molecule has 0 heterocycles. The van der Waals surface area contributed by atoms with Gasteiger partial charge in [0.05, 0.1) is 0 Å². The molecule has 2 rings (SSSR count). The molecule has 0 aliphatic heterocycles. The maximum Gasteiger partial charge on any atom is -0.0132 e. The van der Waals surface area contributed by atoms with Crippen molar-refractivity contribution in [1.82, 2.24) is 0 Å². The maximum absolute atomic E-state index is 2.32. The summed E-state index contributed by atoms with van der Waals surface area (Å²) in [6, 6.07) is 15.4. The lowest BCUT2D eigenvalue weighted by Gasteiger charge is -2.20. The van der Waals surface area contributed by atoms with Crippen molar-refractivity contribution >= 4 is 0 Å². The lowest BCUT2D eigenvalue weighted by molar-refractivity contribution is 0.590. The molecule has 0 aliphatic rings. The van der Waals surface area contributed by atoms with E-state index in [1.165, 1.54) is 27.8 Å². The average Bonchev–Trinajstić information content (AvgIpc) is 2.32. The van der Waals surface area contributed by atoms with Crippen LogP contribution in [0.5, 0.6) is 0 Å². The van der Waals surface area contributed by atoms with Crippen molar-refractivity contribution in [3.63, 3.8) is 0 Å². The first-order valence-corrected chi connectivity index (χ1v) is 6.57. The summed E-state index contributed by atoms with van der Waals surface area (Å²) in [5.41, 5.74) is 7.00. The Morgan fingerprint density at radius 1 is 0.833 bits per heavy atom. The van der Waals surface area contributed by atoms with Gasteiger partial charge in [-0.3, -0.25) is 0 Å². The van der Waals surface area contributed by atoms with Crippen LogP contribution in [0.3, 0.4) is 0 Å². The summed E-state index contributed by atoms with van der Waals surface area (Å²) in [4.78, 5) is 0. The molecule has 0 fully saturated rings. The zero-order chi connectivity index (χ0) is 13.3. The van der Waals surface area contributed by atoms with Crippen molar-refractivity contribution in [3.05, 3.63) is 59.2 Å². The topological polar surface area (TPSA) is 0 Å². The Morgan fingerprint density at radius 2 is 1.50 bits per heavy atom. The molecule has 0 bridgehead atoms. The summed E-state index contributed by atoms with van der Waals surface area (Å²) < 4.78 is 0. The van der Waals surface area contributed by atoms with Crippen molar-refractivity contribution in [2.75, 3.05) is 0 Å². The summed E-state index contributed by atoms with van der Waals surface area (Å²) in [6.07, 6.45) is 0. The predicted molar refractivity (Wildman–Crippen MR) is 80.1 cm³/mol. The third-order valence-corrected chi connectivity index (χ3v) is 3.64. The summed E-state index contributed by atoms with van der Waals surface area (Å²) >= 11 is 0. The molecule has 18 heavy (non-hydrogen) atoms. The van der Waals surface area contributed by atoms with Crippen LogP contribution in [0.1, 0.15) is 37.5 Å². The average molecular weight is 238 g/mol. The van der Waals surface area contributed by atoms with Crippen molar-refractivity contribution in [1.29, 1.82) is 0 Å². The molecule has 0 amide bonds. The van der Waals surface area contributed by atoms with Gasteiger partial charge in [-0.25, -0.2) is 0 Å². The lowest BCUT2D eigenvalue weighted by Crippen LogP contribution is -2.10. The molecule has 2 aromatic carbocycles. The normalized spacial score (nSPS) is 11.6. The highest BCUT2D eigenvalue weighted by molar-refractivity contribution is 5.69. The molecule has 0 aliphatic carbocycles. The molecule has 0 aromatic heterocycles. The molecular formula is C18H22. The van der Waals surface area contributed by atoms with Gasteiger partial charge in [0.25, 0.3) is 0 Å². The molecule has 0 spiro atoms. The smallest absolute Gasteiger partial charge is 0.0132 e. The minimum absolute atomic E-state index is 0.202. The summed E-state index contributed by atoms with van der Waals surface area (Å²) in [7, 11) is 0. The van der Waals surface area contributed by atoms with Gasteiger partial charge >= 0.3 is 0 Å². The molecule has 0 unspecified atom stereocenters. The molecule has 0 saturated carbocycles. The quantitative estimate of drug-likeness (QED) is 0.635. The van der Waals surface area contributed by atoms with Crippen LogP contribution in [0.25, 0.3) is 11.1 Å². The molecule has 0 heteroatoms. The number of rotatable bonds is 1. The number of benzene rings is 2. The van der Waals surface area contributed by atoms with Crippen LogP contribution in [-0.2, 0) is 5.41 Å². The number of aryl methyl sites for hydroxylation is 1. The fourth-order valence-electron chi connectivity index (χ4n) is 2.22. The fourth-order valence-corrected chi connectivity index (χ4v) is 2.22. The van der Waals surface area contributed by atoms with Gasteiger partial charge in [-0.15, -0.1) is 0 Å². The lowest BCUT2D eigenvalue weighted by atomic mass is 9.85. The highest BCUT2D eigenvalue weighted by atomic mass is 14.2. The molecule has 0 nitrogen and oxygen atoms in total. The van der Waals surface area contributed by atoms with Crippen molar-refractivity contribution in [2.45, 2.75) is 40.0 Å². The first-order chi connectivity index (χ1) is 8.39. The summed E-state index contributed by atoms with van der Waals surface area (Å²) in [6.45, 7) is 11.2.